The van der Waals surface area contributed by atoms with Crippen LogP contribution in [0.2, 0.25) is 0 Å². The Kier molecular flexibility index (Phi) is 7.00. The van der Waals surface area contributed by atoms with Crippen LogP contribution in [0.15, 0.2) is 51.9 Å². The number of fused-ring (bicyclic) bond motifs is 1. The van der Waals surface area contributed by atoms with Crippen LogP contribution in [-0.2, 0) is 9.53 Å². The molecule has 0 aliphatic carbocycles. The first-order chi connectivity index (χ1) is 14.7. The lowest BCUT2D eigenvalue weighted by Gasteiger charge is -2.15. The third kappa shape index (κ3) is 5.87. The molecule has 6 nitrogen and oxygen atoms in total. The lowest BCUT2D eigenvalue weighted by molar-refractivity contribution is -0.151. The van der Waals surface area contributed by atoms with Crippen molar-refractivity contribution >= 4 is 16.9 Å². The molecule has 6 heteroatoms. The van der Waals surface area contributed by atoms with Gasteiger partial charge in [0, 0.05) is 6.07 Å². The van der Waals surface area contributed by atoms with E-state index in [1.54, 1.807) is 25.1 Å². The van der Waals surface area contributed by atoms with Gasteiger partial charge in [-0.1, -0.05) is 19.9 Å². The van der Waals surface area contributed by atoms with Crippen molar-refractivity contribution in [1.82, 2.24) is 0 Å². The van der Waals surface area contributed by atoms with Crippen LogP contribution in [-0.4, -0.2) is 18.7 Å². The Morgan fingerprint density at radius 1 is 1.00 bits per heavy atom. The summed E-state index contributed by atoms with van der Waals surface area (Å²) in [5.41, 5.74) is 2.14. The van der Waals surface area contributed by atoms with Gasteiger partial charge in [-0.15, -0.1) is 0 Å². The van der Waals surface area contributed by atoms with Crippen molar-refractivity contribution < 1.29 is 23.4 Å². The van der Waals surface area contributed by atoms with E-state index in [1.807, 2.05) is 32.0 Å². The van der Waals surface area contributed by atoms with Crippen LogP contribution < -0.4 is 14.9 Å². The summed E-state index contributed by atoms with van der Waals surface area (Å²) in [5.74, 6) is 1.12. The minimum absolute atomic E-state index is 0.105. The van der Waals surface area contributed by atoms with Crippen molar-refractivity contribution in [2.24, 2.45) is 5.92 Å². The zero-order valence-corrected chi connectivity index (χ0v) is 18.6. The molecule has 0 aliphatic heterocycles. The van der Waals surface area contributed by atoms with Gasteiger partial charge < -0.3 is 18.6 Å². The zero-order chi connectivity index (χ0) is 22.5. The first-order valence-electron chi connectivity index (χ1n) is 10.4. The maximum absolute atomic E-state index is 12.8. The standard InChI is InChI=1S/C25H28O6/c1-15(2)8-9-28-25(27)18(5)30-19-6-7-21-22(13-19)29-14-23(24(21)26)31-20-11-16(3)10-17(4)12-20/h6-7,10-15,18H,8-9H2,1-5H3/t18-/m0/s1. The molecule has 0 spiro atoms. The molecule has 3 aromatic rings. The van der Waals surface area contributed by atoms with Gasteiger partial charge in [-0.2, -0.15) is 0 Å². The first-order valence-corrected chi connectivity index (χ1v) is 10.4. The largest absolute Gasteiger partial charge is 0.479 e. The summed E-state index contributed by atoms with van der Waals surface area (Å²) >= 11 is 0. The predicted molar refractivity (Wildman–Crippen MR) is 119 cm³/mol. The average molecular weight is 424 g/mol. The van der Waals surface area contributed by atoms with Crippen LogP contribution in [0, 0.1) is 19.8 Å². The molecule has 1 aromatic heterocycles. The van der Waals surface area contributed by atoms with Crippen LogP contribution in [0.5, 0.6) is 17.2 Å². The van der Waals surface area contributed by atoms with Crippen molar-refractivity contribution in [2.75, 3.05) is 6.61 Å². The normalized spacial score (nSPS) is 12.1. The third-order valence-electron chi connectivity index (χ3n) is 4.72. The van der Waals surface area contributed by atoms with Crippen LogP contribution in [0.1, 0.15) is 38.3 Å². The van der Waals surface area contributed by atoms with Gasteiger partial charge in [-0.25, -0.2) is 4.79 Å². The Morgan fingerprint density at radius 2 is 1.71 bits per heavy atom. The van der Waals surface area contributed by atoms with Gasteiger partial charge in [0.05, 0.1) is 12.0 Å². The van der Waals surface area contributed by atoms with E-state index in [9.17, 15) is 9.59 Å². The monoisotopic (exact) mass is 424 g/mol. The topological polar surface area (TPSA) is 75.0 Å². The highest BCUT2D eigenvalue weighted by Crippen LogP contribution is 2.26. The second-order valence-corrected chi connectivity index (χ2v) is 8.12. The number of carbonyl (C=O) groups excluding carboxylic acids is 1. The number of ether oxygens (including phenoxy) is 3. The van der Waals surface area contributed by atoms with Crippen molar-refractivity contribution in [3.8, 4) is 17.2 Å². The van der Waals surface area contributed by atoms with Crippen LogP contribution in [0.25, 0.3) is 11.0 Å². The minimum Gasteiger partial charge on any atom is -0.479 e. The molecular formula is C25H28O6. The number of benzene rings is 2. The smallest absolute Gasteiger partial charge is 0.347 e. The van der Waals surface area contributed by atoms with Crippen LogP contribution in [0.3, 0.4) is 0 Å². The van der Waals surface area contributed by atoms with Gasteiger partial charge in [0.15, 0.2) is 6.10 Å². The Balaban J connectivity index is 1.74. The van der Waals surface area contributed by atoms with Gasteiger partial charge >= 0.3 is 5.97 Å². The molecule has 0 aliphatic rings. The van der Waals surface area contributed by atoms with E-state index in [0.717, 1.165) is 17.5 Å². The van der Waals surface area contributed by atoms with E-state index in [-0.39, 0.29) is 11.2 Å². The van der Waals surface area contributed by atoms with E-state index in [4.69, 9.17) is 18.6 Å². The second kappa shape index (κ2) is 9.69. The van der Waals surface area contributed by atoms with Crippen LogP contribution in [0.4, 0.5) is 0 Å². The van der Waals surface area contributed by atoms with Crippen molar-refractivity contribution in [1.29, 1.82) is 0 Å². The second-order valence-electron chi connectivity index (χ2n) is 8.12. The van der Waals surface area contributed by atoms with Gasteiger partial charge in [-0.3, -0.25) is 4.79 Å². The Hall–Kier alpha value is -3.28. The number of rotatable bonds is 8. The van der Waals surface area contributed by atoms with Crippen molar-refractivity contribution in [3.05, 3.63) is 64.0 Å². The van der Waals surface area contributed by atoms with E-state index in [2.05, 4.69) is 13.8 Å². The SMILES string of the molecule is Cc1cc(C)cc(Oc2coc3cc(O[C@@H](C)C(=O)OCCC(C)C)ccc3c2=O)c1. The molecule has 0 N–H and O–H groups in total. The summed E-state index contributed by atoms with van der Waals surface area (Å²) in [6.07, 6.45) is 1.31. The molecule has 0 fully saturated rings. The van der Waals surface area contributed by atoms with E-state index in [1.165, 1.54) is 6.26 Å². The summed E-state index contributed by atoms with van der Waals surface area (Å²) in [6.45, 7) is 10.0. The fourth-order valence-electron chi connectivity index (χ4n) is 3.12. The maximum atomic E-state index is 12.8. The summed E-state index contributed by atoms with van der Waals surface area (Å²) in [6, 6.07) is 10.5. The van der Waals surface area contributed by atoms with E-state index in [0.29, 0.717) is 35.0 Å². The summed E-state index contributed by atoms with van der Waals surface area (Å²) < 4.78 is 22.3. The highest BCUT2D eigenvalue weighted by Gasteiger charge is 2.18. The highest BCUT2D eigenvalue weighted by molar-refractivity contribution is 5.79. The fraction of sp³-hybridized carbons (Fsp3) is 0.360. The Bertz CT molecular complexity index is 1110. The van der Waals surface area contributed by atoms with Gasteiger partial charge in [-0.05, 0) is 68.5 Å². The zero-order valence-electron chi connectivity index (χ0n) is 18.6. The third-order valence-corrected chi connectivity index (χ3v) is 4.72. The summed E-state index contributed by atoms with van der Waals surface area (Å²) in [7, 11) is 0. The molecule has 1 atom stereocenters. The molecule has 0 saturated heterocycles. The molecule has 3 rings (SSSR count). The Morgan fingerprint density at radius 3 is 2.39 bits per heavy atom. The lowest BCUT2D eigenvalue weighted by Crippen LogP contribution is -2.26. The number of aryl methyl sites for hydroxylation is 2. The van der Waals surface area contributed by atoms with Gasteiger partial charge in [0.1, 0.15) is 23.3 Å². The van der Waals surface area contributed by atoms with Gasteiger partial charge in [0.25, 0.3) is 0 Å². The molecule has 0 amide bonds. The quantitative estimate of drug-likeness (QED) is 0.441. The average Bonchev–Trinajstić information content (AvgIpc) is 2.69. The molecular weight excluding hydrogens is 396 g/mol. The molecule has 0 radical (unpaired) electrons. The summed E-state index contributed by atoms with van der Waals surface area (Å²) in [5, 5.41) is 0.362. The lowest BCUT2D eigenvalue weighted by atomic mass is 10.1. The molecule has 0 saturated carbocycles. The molecule has 2 aromatic carbocycles. The molecule has 31 heavy (non-hydrogen) atoms. The van der Waals surface area contributed by atoms with Crippen molar-refractivity contribution in [2.45, 2.75) is 47.1 Å². The summed E-state index contributed by atoms with van der Waals surface area (Å²) in [4.78, 5) is 24.9. The van der Waals surface area contributed by atoms with E-state index >= 15 is 0 Å². The maximum Gasteiger partial charge on any atom is 0.347 e. The molecule has 164 valence electrons. The molecule has 0 unspecified atom stereocenters. The Labute approximate surface area is 181 Å². The number of hydrogen-bond donors (Lipinski definition) is 0. The van der Waals surface area contributed by atoms with Gasteiger partial charge in [0.2, 0.25) is 11.2 Å². The number of hydrogen-bond acceptors (Lipinski definition) is 6. The predicted octanol–water partition coefficient (Wildman–Crippen LogP) is 5.56. The number of carbonyl (C=O) groups is 1. The fourth-order valence-corrected chi connectivity index (χ4v) is 3.12. The molecule has 0 bridgehead atoms. The van der Waals surface area contributed by atoms with E-state index < -0.39 is 12.1 Å². The van der Waals surface area contributed by atoms with Crippen molar-refractivity contribution in [3.63, 3.8) is 0 Å². The van der Waals surface area contributed by atoms with Crippen LogP contribution >= 0.6 is 0 Å². The highest BCUT2D eigenvalue weighted by atomic mass is 16.6. The minimum atomic E-state index is -0.775. The number of esters is 1. The molecule has 1 heterocycles. The first kappa shape index (κ1) is 22.4.